The summed E-state index contributed by atoms with van der Waals surface area (Å²) in [5, 5.41) is 9.42. The van der Waals surface area contributed by atoms with E-state index in [9.17, 15) is 4.79 Å². The Morgan fingerprint density at radius 1 is 0.722 bits per heavy atom. The van der Waals surface area contributed by atoms with Crippen molar-refractivity contribution in [3.05, 3.63) is 109 Å². The normalized spacial score (nSPS) is 12.4. The molecule has 0 fully saturated rings. The van der Waals surface area contributed by atoms with E-state index in [1.807, 2.05) is 91.0 Å². The van der Waals surface area contributed by atoms with Gasteiger partial charge in [0.2, 0.25) is 12.7 Å². The molecule has 4 aromatic carbocycles. The standard InChI is InChI=1S/C28H23N3O3S2/c32-27(29-22-13-16-24-25(17-22)34-18-33-24)26(19-7-3-1-4-8-19)36-23-14-11-21(12-15-23)31-28(35)30-20-9-5-2-6-10-20/h1-17,26H,18H2,(H,29,32)(H2,30,31,35). The van der Waals surface area contributed by atoms with Gasteiger partial charge < -0.3 is 25.4 Å². The van der Waals surface area contributed by atoms with Crippen LogP contribution in [0.1, 0.15) is 10.8 Å². The first-order valence-corrected chi connectivity index (χ1v) is 12.6. The molecule has 0 radical (unpaired) electrons. The Labute approximate surface area is 219 Å². The van der Waals surface area contributed by atoms with Gasteiger partial charge in [0.1, 0.15) is 5.25 Å². The fraction of sp³-hybridized carbons (Fsp3) is 0.0714. The number of carbonyl (C=O) groups excluding carboxylic acids is 1. The third kappa shape index (κ3) is 5.97. The molecular formula is C28H23N3O3S2. The SMILES string of the molecule is O=C(Nc1ccc2c(c1)OCO2)C(Sc1ccc(NC(=S)Nc2ccccc2)cc1)c1ccccc1. The minimum Gasteiger partial charge on any atom is -0.454 e. The van der Waals surface area contributed by atoms with E-state index in [0.29, 0.717) is 22.3 Å². The van der Waals surface area contributed by atoms with E-state index in [1.54, 1.807) is 12.1 Å². The fourth-order valence-electron chi connectivity index (χ4n) is 3.65. The highest BCUT2D eigenvalue weighted by molar-refractivity contribution is 8.00. The summed E-state index contributed by atoms with van der Waals surface area (Å²) in [6.07, 6.45) is 0. The molecule has 8 heteroatoms. The molecule has 1 amide bonds. The van der Waals surface area contributed by atoms with Crippen LogP contribution in [0.2, 0.25) is 0 Å². The van der Waals surface area contributed by atoms with Gasteiger partial charge in [-0.2, -0.15) is 0 Å². The van der Waals surface area contributed by atoms with Crippen LogP contribution in [0.5, 0.6) is 11.5 Å². The lowest BCUT2D eigenvalue weighted by atomic mass is 10.1. The molecule has 180 valence electrons. The number of hydrogen-bond acceptors (Lipinski definition) is 5. The zero-order valence-electron chi connectivity index (χ0n) is 19.1. The summed E-state index contributed by atoms with van der Waals surface area (Å²) in [5.41, 5.74) is 3.34. The molecule has 0 saturated heterocycles. The second-order valence-corrected chi connectivity index (χ2v) is 9.52. The Balaban J connectivity index is 1.27. The number of ether oxygens (including phenoxy) is 2. The first-order valence-electron chi connectivity index (χ1n) is 11.3. The van der Waals surface area contributed by atoms with Gasteiger partial charge in [-0.15, -0.1) is 11.8 Å². The molecule has 1 aliphatic heterocycles. The summed E-state index contributed by atoms with van der Waals surface area (Å²) in [7, 11) is 0. The van der Waals surface area contributed by atoms with Crippen LogP contribution in [0.15, 0.2) is 108 Å². The number of carbonyl (C=O) groups is 1. The second-order valence-electron chi connectivity index (χ2n) is 7.94. The number of anilines is 3. The lowest BCUT2D eigenvalue weighted by molar-refractivity contribution is -0.115. The Bertz CT molecular complexity index is 1350. The summed E-state index contributed by atoms with van der Waals surface area (Å²) in [4.78, 5) is 14.3. The van der Waals surface area contributed by atoms with Crippen LogP contribution in [0.3, 0.4) is 0 Å². The van der Waals surface area contributed by atoms with E-state index >= 15 is 0 Å². The largest absolute Gasteiger partial charge is 0.454 e. The molecule has 0 bridgehead atoms. The topological polar surface area (TPSA) is 71.6 Å². The molecule has 4 aromatic rings. The molecule has 0 aliphatic carbocycles. The number of thioether (sulfide) groups is 1. The molecule has 36 heavy (non-hydrogen) atoms. The Hall–Kier alpha value is -4.01. The van der Waals surface area contributed by atoms with Crippen LogP contribution in [0.25, 0.3) is 0 Å². The number of thiocarbonyl (C=S) groups is 1. The number of fused-ring (bicyclic) bond motifs is 1. The maximum Gasteiger partial charge on any atom is 0.242 e. The van der Waals surface area contributed by atoms with Gasteiger partial charge >= 0.3 is 0 Å². The molecule has 1 atom stereocenters. The van der Waals surface area contributed by atoms with Gasteiger partial charge in [-0.05, 0) is 66.3 Å². The molecule has 5 rings (SSSR count). The van der Waals surface area contributed by atoms with Crippen molar-refractivity contribution < 1.29 is 14.3 Å². The minimum atomic E-state index is -0.448. The molecule has 0 spiro atoms. The van der Waals surface area contributed by atoms with Gasteiger partial charge in [0, 0.05) is 28.0 Å². The number of hydrogen-bond donors (Lipinski definition) is 3. The number of para-hydroxylation sites is 1. The molecule has 6 nitrogen and oxygen atoms in total. The van der Waals surface area contributed by atoms with E-state index in [2.05, 4.69) is 16.0 Å². The first kappa shape index (κ1) is 23.7. The Morgan fingerprint density at radius 3 is 2.06 bits per heavy atom. The zero-order valence-corrected chi connectivity index (χ0v) is 20.8. The maximum atomic E-state index is 13.4. The quantitative estimate of drug-likeness (QED) is 0.188. The zero-order chi connectivity index (χ0) is 24.7. The lowest BCUT2D eigenvalue weighted by Gasteiger charge is -2.18. The number of amides is 1. The van der Waals surface area contributed by atoms with E-state index in [4.69, 9.17) is 21.7 Å². The average molecular weight is 514 g/mol. The van der Waals surface area contributed by atoms with E-state index in [-0.39, 0.29) is 12.7 Å². The maximum absolute atomic E-state index is 13.4. The van der Waals surface area contributed by atoms with Crippen molar-refractivity contribution in [2.75, 3.05) is 22.7 Å². The minimum absolute atomic E-state index is 0.125. The smallest absolute Gasteiger partial charge is 0.242 e. The van der Waals surface area contributed by atoms with Crippen molar-refractivity contribution >= 4 is 52.1 Å². The van der Waals surface area contributed by atoms with Crippen molar-refractivity contribution in [1.29, 1.82) is 0 Å². The third-order valence-corrected chi connectivity index (χ3v) is 6.85. The van der Waals surface area contributed by atoms with Gasteiger partial charge in [-0.3, -0.25) is 4.79 Å². The number of rotatable bonds is 7. The van der Waals surface area contributed by atoms with Crippen molar-refractivity contribution in [3.63, 3.8) is 0 Å². The highest BCUT2D eigenvalue weighted by Gasteiger charge is 2.23. The molecule has 1 aliphatic rings. The third-order valence-electron chi connectivity index (χ3n) is 5.38. The van der Waals surface area contributed by atoms with Crippen LogP contribution in [-0.4, -0.2) is 17.8 Å². The van der Waals surface area contributed by atoms with E-state index < -0.39 is 5.25 Å². The van der Waals surface area contributed by atoms with E-state index in [0.717, 1.165) is 21.8 Å². The number of nitrogens with one attached hydrogen (secondary N) is 3. The Morgan fingerprint density at radius 2 is 1.33 bits per heavy atom. The van der Waals surface area contributed by atoms with Crippen molar-refractivity contribution in [1.82, 2.24) is 0 Å². The molecule has 3 N–H and O–H groups in total. The summed E-state index contributed by atoms with van der Waals surface area (Å²) in [6, 6.07) is 32.7. The van der Waals surface area contributed by atoms with Crippen molar-refractivity contribution in [3.8, 4) is 11.5 Å². The van der Waals surface area contributed by atoms with Gasteiger partial charge in [0.25, 0.3) is 0 Å². The first-order chi connectivity index (χ1) is 17.6. The van der Waals surface area contributed by atoms with Crippen LogP contribution >= 0.6 is 24.0 Å². The van der Waals surface area contributed by atoms with Gasteiger partial charge in [-0.1, -0.05) is 48.5 Å². The van der Waals surface area contributed by atoms with Crippen LogP contribution in [0, 0.1) is 0 Å². The van der Waals surface area contributed by atoms with Crippen LogP contribution in [0.4, 0.5) is 17.1 Å². The molecule has 0 saturated carbocycles. The molecular weight excluding hydrogens is 490 g/mol. The van der Waals surface area contributed by atoms with Crippen LogP contribution < -0.4 is 25.4 Å². The predicted molar refractivity (Wildman–Crippen MR) is 149 cm³/mol. The second kappa shape index (κ2) is 11.2. The van der Waals surface area contributed by atoms with Gasteiger partial charge in [0.05, 0.1) is 0 Å². The highest BCUT2D eigenvalue weighted by Crippen LogP contribution is 2.38. The van der Waals surface area contributed by atoms with Crippen molar-refractivity contribution in [2.24, 2.45) is 0 Å². The monoisotopic (exact) mass is 513 g/mol. The van der Waals surface area contributed by atoms with Gasteiger partial charge in [-0.25, -0.2) is 0 Å². The predicted octanol–water partition coefficient (Wildman–Crippen LogP) is 6.70. The molecule has 1 unspecified atom stereocenters. The average Bonchev–Trinajstić information content (AvgIpc) is 3.37. The Kier molecular flexibility index (Phi) is 7.35. The molecule has 1 heterocycles. The molecule has 0 aromatic heterocycles. The van der Waals surface area contributed by atoms with Crippen molar-refractivity contribution in [2.45, 2.75) is 10.1 Å². The summed E-state index contributed by atoms with van der Waals surface area (Å²) < 4.78 is 10.8. The fourth-order valence-corrected chi connectivity index (χ4v) is 4.91. The van der Waals surface area contributed by atoms with Crippen LogP contribution in [-0.2, 0) is 4.79 Å². The summed E-state index contributed by atoms with van der Waals surface area (Å²) >= 11 is 6.89. The highest BCUT2D eigenvalue weighted by atomic mass is 32.2. The van der Waals surface area contributed by atoms with E-state index in [1.165, 1.54) is 11.8 Å². The lowest BCUT2D eigenvalue weighted by Crippen LogP contribution is -2.19. The van der Waals surface area contributed by atoms with Gasteiger partial charge in [0.15, 0.2) is 16.6 Å². The number of benzene rings is 4. The summed E-state index contributed by atoms with van der Waals surface area (Å²) in [6.45, 7) is 0.188. The summed E-state index contributed by atoms with van der Waals surface area (Å²) in [5.74, 6) is 1.18.